The minimum Gasteiger partial charge on any atom is -0.398 e. The van der Waals surface area contributed by atoms with Crippen LogP contribution in [0.3, 0.4) is 0 Å². The van der Waals surface area contributed by atoms with Gasteiger partial charge >= 0.3 is 0 Å². The lowest BCUT2D eigenvalue weighted by Crippen LogP contribution is -2.42. The molecule has 0 spiro atoms. The van der Waals surface area contributed by atoms with Crippen LogP contribution in [0.5, 0.6) is 0 Å². The average Bonchev–Trinajstić information content (AvgIpc) is 2.55. The number of anilines is 2. The summed E-state index contributed by atoms with van der Waals surface area (Å²) >= 11 is 0. The van der Waals surface area contributed by atoms with E-state index in [9.17, 15) is 5.11 Å². The first-order valence-corrected chi connectivity index (χ1v) is 8.65. The average molecular weight is 346 g/mol. The zero-order chi connectivity index (χ0) is 19.5. The van der Waals surface area contributed by atoms with Crippen molar-refractivity contribution in [3.05, 3.63) is 66.2 Å². The van der Waals surface area contributed by atoms with Crippen molar-refractivity contribution in [1.82, 2.24) is 0 Å². The SMILES string of the molecule is Nc1cccc2cccc(N)c12.[B]c1cccc(C(C)(C)C(C)(C)O)c1. The molecule has 3 aromatic rings. The number of hydrogen-bond acceptors (Lipinski definition) is 3. The molecule has 0 fully saturated rings. The highest BCUT2D eigenvalue weighted by molar-refractivity contribution is 6.32. The van der Waals surface area contributed by atoms with Gasteiger partial charge in [-0.25, -0.2) is 0 Å². The van der Waals surface area contributed by atoms with E-state index in [2.05, 4.69) is 0 Å². The Balaban J connectivity index is 0.000000189. The van der Waals surface area contributed by atoms with Crippen molar-refractivity contribution in [1.29, 1.82) is 0 Å². The van der Waals surface area contributed by atoms with Gasteiger partial charge in [0.2, 0.25) is 0 Å². The third kappa shape index (κ3) is 4.20. The zero-order valence-corrected chi connectivity index (χ0v) is 16.0. The smallest absolute Gasteiger partial charge is 0.113 e. The Morgan fingerprint density at radius 1 is 0.808 bits per heavy atom. The minimum atomic E-state index is -0.763. The first kappa shape index (κ1) is 19.9. The molecule has 134 valence electrons. The van der Waals surface area contributed by atoms with Crippen LogP contribution in [0.25, 0.3) is 10.8 Å². The van der Waals surface area contributed by atoms with Crippen LogP contribution in [0.2, 0.25) is 0 Å². The number of hydrogen-bond donors (Lipinski definition) is 3. The quantitative estimate of drug-likeness (QED) is 0.491. The van der Waals surface area contributed by atoms with Gasteiger partial charge < -0.3 is 16.6 Å². The predicted octanol–water partition coefficient (Wildman–Crippen LogP) is 3.53. The number of aliphatic hydroxyl groups is 1. The fourth-order valence-corrected chi connectivity index (χ4v) is 2.68. The Morgan fingerprint density at radius 3 is 1.73 bits per heavy atom. The van der Waals surface area contributed by atoms with Crippen molar-refractivity contribution < 1.29 is 5.11 Å². The van der Waals surface area contributed by atoms with Crippen LogP contribution in [0, 0.1) is 0 Å². The highest BCUT2D eigenvalue weighted by atomic mass is 16.3. The molecule has 0 aliphatic rings. The lowest BCUT2D eigenvalue weighted by molar-refractivity contribution is 0.00967. The van der Waals surface area contributed by atoms with Crippen molar-refractivity contribution in [2.24, 2.45) is 0 Å². The summed E-state index contributed by atoms with van der Waals surface area (Å²) in [5, 5.41) is 12.1. The van der Waals surface area contributed by atoms with E-state index in [1.165, 1.54) is 0 Å². The van der Waals surface area contributed by atoms with Crippen molar-refractivity contribution in [3.8, 4) is 0 Å². The molecule has 0 aliphatic carbocycles. The maximum Gasteiger partial charge on any atom is 0.113 e. The summed E-state index contributed by atoms with van der Waals surface area (Å²) in [7, 11) is 5.72. The first-order valence-electron chi connectivity index (χ1n) is 8.65. The maximum atomic E-state index is 10.0. The van der Waals surface area contributed by atoms with Crippen molar-refractivity contribution >= 4 is 35.5 Å². The second kappa shape index (κ2) is 7.42. The summed E-state index contributed by atoms with van der Waals surface area (Å²) in [6.07, 6.45) is 0. The van der Waals surface area contributed by atoms with Crippen LogP contribution in [0.1, 0.15) is 33.3 Å². The molecule has 3 nitrogen and oxygen atoms in total. The van der Waals surface area contributed by atoms with Gasteiger partial charge in [-0.2, -0.15) is 0 Å². The van der Waals surface area contributed by atoms with E-state index in [0.717, 1.165) is 33.2 Å². The molecule has 0 atom stereocenters. The van der Waals surface area contributed by atoms with E-state index in [0.29, 0.717) is 0 Å². The molecule has 0 amide bonds. The van der Waals surface area contributed by atoms with Gasteiger partial charge in [-0.3, -0.25) is 0 Å². The van der Waals surface area contributed by atoms with Gasteiger partial charge in [-0.1, -0.05) is 67.8 Å². The van der Waals surface area contributed by atoms with Crippen LogP contribution in [-0.4, -0.2) is 18.6 Å². The molecule has 0 bridgehead atoms. The molecule has 3 aromatic carbocycles. The lowest BCUT2D eigenvalue weighted by atomic mass is 9.71. The largest absolute Gasteiger partial charge is 0.398 e. The number of nitrogens with two attached hydrogens (primary N) is 2. The van der Waals surface area contributed by atoms with Gasteiger partial charge in [0.1, 0.15) is 7.85 Å². The van der Waals surface area contributed by atoms with E-state index >= 15 is 0 Å². The fourth-order valence-electron chi connectivity index (χ4n) is 2.68. The van der Waals surface area contributed by atoms with Crippen LogP contribution in [-0.2, 0) is 5.41 Å². The Hall–Kier alpha value is -2.46. The van der Waals surface area contributed by atoms with Crippen molar-refractivity contribution in [3.63, 3.8) is 0 Å². The molecule has 0 saturated carbocycles. The standard InChI is InChI=1S/C12H17BO.C10H10N2/c1-11(2,12(3,4)14)9-6-5-7-10(13)8-9;11-8-5-1-3-7-4-2-6-9(12)10(7)8/h5-8,14H,1-4H3;1-6H,11-12H2. The molecule has 0 aliphatic heterocycles. The Morgan fingerprint density at radius 2 is 1.31 bits per heavy atom. The van der Waals surface area contributed by atoms with Gasteiger partial charge in [-0.05, 0) is 36.9 Å². The molecule has 26 heavy (non-hydrogen) atoms. The maximum absolute atomic E-state index is 10.0. The van der Waals surface area contributed by atoms with E-state index in [1.54, 1.807) is 0 Å². The second-order valence-corrected chi connectivity index (χ2v) is 7.60. The third-order valence-electron chi connectivity index (χ3n) is 5.11. The fraction of sp³-hybridized carbons (Fsp3) is 0.273. The minimum absolute atomic E-state index is 0.303. The molecule has 0 saturated heterocycles. The monoisotopic (exact) mass is 346 g/mol. The molecule has 0 unspecified atom stereocenters. The van der Waals surface area contributed by atoms with E-state index in [-0.39, 0.29) is 5.41 Å². The Kier molecular flexibility index (Phi) is 5.67. The predicted molar refractivity (Wildman–Crippen MR) is 114 cm³/mol. The van der Waals surface area contributed by atoms with Gasteiger partial charge in [0.25, 0.3) is 0 Å². The molecule has 0 heterocycles. The van der Waals surface area contributed by atoms with Crippen LogP contribution in [0.15, 0.2) is 60.7 Å². The summed E-state index contributed by atoms with van der Waals surface area (Å²) < 4.78 is 0. The van der Waals surface area contributed by atoms with E-state index in [4.69, 9.17) is 19.3 Å². The highest BCUT2D eigenvalue weighted by Gasteiger charge is 2.36. The highest BCUT2D eigenvalue weighted by Crippen LogP contribution is 2.33. The van der Waals surface area contributed by atoms with Gasteiger partial charge in [0.05, 0.1) is 5.60 Å². The summed E-state index contributed by atoms with van der Waals surface area (Å²) in [6.45, 7) is 7.66. The topological polar surface area (TPSA) is 72.3 Å². The first-order chi connectivity index (χ1) is 12.0. The van der Waals surface area contributed by atoms with Gasteiger partial charge in [0, 0.05) is 22.2 Å². The molecule has 2 radical (unpaired) electrons. The number of nitrogen functional groups attached to an aromatic ring is 2. The van der Waals surface area contributed by atoms with Crippen molar-refractivity contribution in [2.45, 2.75) is 38.7 Å². The Labute approximate surface area is 157 Å². The number of rotatable bonds is 2. The normalized spacial score (nSPS) is 11.7. The molecular weight excluding hydrogens is 319 g/mol. The summed E-state index contributed by atoms with van der Waals surface area (Å²) in [5.41, 5.74) is 13.8. The summed E-state index contributed by atoms with van der Waals surface area (Å²) in [5.74, 6) is 0. The Bertz CT molecular complexity index is 861. The van der Waals surface area contributed by atoms with Crippen molar-refractivity contribution in [2.75, 3.05) is 11.5 Å². The summed E-state index contributed by atoms with van der Waals surface area (Å²) in [4.78, 5) is 0. The molecule has 4 heteroatoms. The van der Waals surface area contributed by atoms with Crippen LogP contribution >= 0.6 is 0 Å². The van der Waals surface area contributed by atoms with E-state index < -0.39 is 5.60 Å². The molecular formula is C22H27BN2O. The lowest BCUT2D eigenvalue weighted by Gasteiger charge is -2.38. The third-order valence-corrected chi connectivity index (χ3v) is 5.11. The molecule has 0 aromatic heterocycles. The number of fused-ring (bicyclic) bond motifs is 1. The van der Waals surface area contributed by atoms with Gasteiger partial charge in [-0.15, -0.1) is 0 Å². The number of benzene rings is 3. The molecule has 3 rings (SSSR count). The second-order valence-electron chi connectivity index (χ2n) is 7.60. The van der Waals surface area contributed by atoms with Gasteiger partial charge in [0.15, 0.2) is 0 Å². The van der Waals surface area contributed by atoms with E-state index in [1.807, 2.05) is 88.4 Å². The molecule has 5 N–H and O–H groups in total. The summed E-state index contributed by atoms with van der Waals surface area (Å²) in [6, 6.07) is 19.3. The van der Waals surface area contributed by atoms with Crippen LogP contribution < -0.4 is 16.9 Å². The van der Waals surface area contributed by atoms with Crippen LogP contribution in [0.4, 0.5) is 11.4 Å². The zero-order valence-electron chi connectivity index (χ0n) is 16.0.